The second kappa shape index (κ2) is 7.60. The van der Waals surface area contributed by atoms with Gasteiger partial charge in [0.2, 0.25) is 6.29 Å². The largest absolute Gasteiger partial charge is 0.349 e. The van der Waals surface area contributed by atoms with Gasteiger partial charge in [0, 0.05) is 18.9 Å². The average Bonchev–Trinajstić information content (AvgIpc) is 2.61. The highest BCUT2D eigenvalue weighted by atomic mass is 32.2. The van der Waals surface area contributed by atoms with Crippen LogP contribution in [-0.4, -0.2) is 40.3 Å². The van der Waals surface area contributed by atoms with E-state index in [2.05, 4.69) is 0 Å². The van der Waals surface area contributed by atoms with E-state index in [0.717, 1.165) is 5.56 Å². The summed E-state index contributed by atoms with van der Waals surface area (Å²) in [5.41, 5.74) is 0.965. The number of carbonyl (C=O) groups is 1. The molecule has 0 N–H and O–H groups in total. The summed E-state index contributed by atoms with van der Waals surface area (Å²) in [7, 11) is -2.48. The molecule has 1 aliphatic carbocycles. The molecular weight excluding hydrogens is 356 g/mol. The molecule has 26 heavy (non-hydrogen) atoms. The van der Waals surface area contributed by atoms with Crippen LogP contribution in [0.4, 0.5) is 0 Å². The number of aryl methyl sites for hydroxylation is 1. The van der Waals surface area contributed by atoms with E-state index >= 15 is 0 Å². The van der Waals surface area contributed by atoms with Gasteiger partial charge in [-0.3, -0.25) is 8.98 Å². The van der Waals surface area contributed by atoms with Gasteiger partial charge in [0.05, 0.1) is 17.6 Å². The molecule has 0 radical (unpaired) electrons. The van der Waals surface area contributed by atoms with Gasteiger partial charge in [-0.2, -0.15) is 8.42 Å². The molecule has 0 saturated carbocycles. The van der Waals surface area contributed by atoms with Gasteiger partial charge < -0.3 is 9.47 Å². The molecule has 1 aromatic carbocycles. The van der Waals surface area contributed by atoms with E-state index in [1.165, 1.54) is 19.2 Å². The van der Waals surface area contributed by atoms with Crippen molar-refractivity contribution in [3.8, 4) is 0 Å². The highest BCUT2D eigenvalue weighted by Gasteiger charge is 2.47. The van der Waals surface area contributed by atoms with Crippen molar-refractivity contribution in [3.63, 3.8) is 0 Å². The zero-order valence-electron chi connectivity index (χ0n) is 15.1. The Kier molecular flexibility index (Phi) is 5.62. The molecule has 5 atom stereocenters. The predicted molar refractivity (Wildman–Crippen MR) is 94.9 cm³/mol. The number of rotatable bonds is 5. The third kappa shape index (κ3) is 3.76. The van der Waals surface area contributed by atoms with Gasteiger partial charge in [0.25, 0.3) is 10.1 Å². The van der Waals surface area contributed by atoms with Crippen LogP contribution in [0.1, 0.15) is 18.9 Å². The van der Waals surface area contributed by atoms with E-state index in [1.54, 1.807) is 12.1 Å². The Morgan fingerprint density at radius 2 is 1.92 bits per heavy atom. The highest BCUT2D eigenvalue weighted by molar-refractivity contribution is 7.86. The van der Waals surface area contributed by atoms with Crippen molar-refractivity contribution in [1.82, 2.24) is 0 Å². The van der Waals surface area contributed by atoms with Gasteiger partial charge in [-0.15, -0.1) is 0 Å². The van der Waals surface area contributed by atoms with Crippen LogP contribution < -0.4 is 0 Å². The van der Waals surface area contributed by atoms with Crippen LogP contribution in [0.15, 0.2) is 41.3 Å². The fraction of sp³-hybridized carbons (Fsp3) is 0.526. The number of carbonyl (C=O) groups excluding carboxylic acids is 1. The molecule has 0 bridgehead atoms. The molecule has 0 amide bonds. The monoisotopic (exact) mass is 380 g/mol. The number of fused-ring (bicyclic) bond motifs is 1. The average molecular weight is 380 g/mol. The van der Waals surface area contributed by atoms with Crippen LogP contribution in [0.25, 0.3) is 0 Å². The Hall–Kier alpha value is -1.54. The number of allylic oxidation sites excluding steroid dienone is 2. The van der Waals surface area contributed by atoms with Crippen LogP contribution in [0.3, 0.4) is 0 Å². The molecule has 1 aliphatic heterocycles. The van der Waals surface area contributed by atoms with Crippen molar-refractivity contribution in [2.24, 2.45) is 17.8 Å². The number of Topliss-reactive ketones (excluding diaryl/α,β-unsaturated/α-hetero) is 1. The minimum absolute atomic E-state index is 0.0546. The van der Waals surface area contributed by atoms with Gasteiger partial charge >= 0.3 is 0 Å². The van der Waals surface area contributed by atoms with E-state index in [9.17, 15) is 13.2 Å². The maximum absolute atomic E-state index is 12.6. The standard InChI is InChI=1S/C19H24O6S/c1-12-7-9-14(10-8-12)26(21,22)24-11-16-15-6-4-5-13(2)17(15)18(20)19(23-3)25-16/h4-5,7-10,13,15-17,19H,6,11H2,1-3H3/t13-,15-,16-,17+,19+/m1/s1. The van der Waals surface area contributed by atoms with E-state index in [4.69, 9.17) is 13.7 Å². The number of hydrogen-bond donors (Lipinski definition) is 0. The minimum atomic E-state index is -3.89. The Morgan fingerprint density at radius 3 is 2.58 bits per heavy atom. The molecule has 3 rings (SSSR count). The first-order valence-corrected chi connectivity index (χ1v) is 10.1. The quantitative estimate of drug-likeness (QED) is 0.577. The summed E-state index contributed by atoms with van der Waals surface area (Å²) >= 11 is 0. The smallest absolute Gasteiger partial charge is 0.297 e. The van der Waals surface area contributed by atoms with Crippen LogP contribution in [0, 0.1) is 24.7 Å². The zero-order valence-corrected chi connectivity index (χ0v) is 15.9. The van der Waals surface area contributed by atoms with Crippen molar-refractivity contribution < 1.29 is 26.9 Å². The summed E-state index contributed by atoms with van der Waals surface area (Å²) < 4.78 is 41.0. The number of ether oxygens (including phenoxy) is 2. The Balaban J connectivity index is 1.76. The summed E-state index contributed by atoms with van der Waals surface area (Å²) in [6.07, 6.45) is 3.15. The molecule has 142 valence electrons. The fourth-order valence-corrected chi connectivity index (χ4v) is 4.63. The second-order valence-electron chi connectivity index (χ2n) is 6.91. The molecule has 2 aliphatic rings. The Bertz CT molecular complexity index is 783. The maximum Gasteiger partial charge on any atom is 0.297 e. The van der Waals surface area contributed by atoms with Crippen molar-refractivity contribution in [2.75, 3.05) is 13.7 Å². The van der Waals surface area contributed by atoms with E-state index in [0.29, 0.717) is 6.42 Å². The molecule has 1 saturated heterocycles. The van der Waals surface area contributed by atoms with Crippen molar-refractivity contribution in [3.05, 3.63) is 42.0 Å². The second-order valence-corrected chi connectivity index (χ2v) is 8.52. The van der Waals surface area contributed by atoms with E-state index in [-0.39, 0.29) is 35.0 Å². The Labute approximate surface area is 154 Å². The van der Waals surface area contributed by atoms with E-state index in [1.807, 2.05) is 26.0 Å². The van der Waals surface area contributed by atoms with Gasteiger partial charge in [-0.25, -0.2) is 0 Å². The molecule has 0 aromatic heterocycles. The lowest BCUT2D eigenvalue weighted by atomic mass is 9.70. The molecule has 6 nitrogen and oxygen atoms in total. The van der Waals surface area contributed by atoms with E-state index < -0.39 is 22.5 Å². The number of hydrogen-bond acceptors (Lipinski definition) is 6. The lowest BCUT2D eigenvalue weighted by Crippen LogP contribution is -2.53. The highest BCUT2D eigenvalue weighted by Crippen LogP contribution is 2.39. The molecular formula is C19H24O6S. The van der Waals surface area contributed by atoms with Crippen molar-refractivity contribution in [2.45, 2.75) is 37.6 Å². The van der Waals surface area contributed by atoms with Gasteiger partial charge in [-0.05, 0) is 31.4 Å². The van der Waals surface area contributed by atoms with Gasteiger partial charge in [-0.1, -0.05) is 36.8 Å². The predicted octanol–water partition coefficient (Wildman–Crippen LogP) is 2.47. The molecule has 1 fully saturated rings. The molecule has 1 aromatic rings. The van der Waals surface area contributed by atoms with Crippen LogP contribution >= 0.6 is 0 Å². The van der Waals surface area contributed by atoms with Crippen molar-refractivity contribution in [1.29, 1.82) is 0 Å². The zero-order chi connectivity index (χ0) is 18.9. The normalized spacial score (nSPS) is 31.7. The molecule has 7 heteroatoms. The molecule has 0 spiro atoms. The minimum Gasteiger partial charge on any atom is -0.349 e. The summed E-state index contributed by atoms with van der Waals surface area (Å²) in [4.78, 5) is 12.7. The summed E-state index contributed by atoms with van der Waals surface area (Å²) in [6.45, 7) is 3.71. The fourth-order valence-electron chi connectivity index (χ4n) is 3.71. The first kappa shape index (κ1) is 19.2. The van der Waals surface area contributed by atoms with Crippen LogP contribution in [0.5, 0.6) is 0 Å². The number of methoxy groups -OCH3 is 1. The third-order valence-corrected chi connectivity index (χ3v) is 6.42. The SMILES string of the molecule is CO[C@H]1O[C@H](COS(=O)(=O)c2ccc(C)cc2)[C@H]2CC=C[C@@H](C)[C@@H]2C1=O. The summed E-state index contributed by atoms with van der Waals surface area (Å²) in [5, 5.41) is 0. The lowest BCUT2D eigenvalue weighted by Gasteiger charge is -2.43. The third-order valence-electron chi connectivity index (χ3n) is 5.12. The summed E-state index contributed by atoms with van der Waals surface area (Å²) in [5.74, 6) is -0.414. The van der Waals surface area contributed by atoms with Crippen LogP contribution in [-0.2, 0) is 28.6 Å². The first-order valence-electron chi connectivity index (χ1n) is 8.68. The van der Waals surface area contributed by atoms with Gasteiger partial charge in [0.15, 0.2) is 5.78 Å². The maximum atomic E-state index is 12.6. The van der Waals surface area contributed by atoms with Gasteiger partial charge in [0.1, 0.15) is 0 Å². The number of benzene rings is 1. The number of ketones is 1. The van der Waals surface area contributed by atoms with Crippen molar-refractivity contribution >= 4 is 15.9 Å². The topological polar surface area (TPSA) is 78.9 Å². The summed E-state index contributed by atoms with van der Waals surface area (Å²) in [6, 6.07) is 6.47. The molecule has 1 heterocycles. The Morgan fingerprint density at radius 1 is 1.23 bits per heavy atom. The lowest BCUT2D eigenvalue weighted by molar-refractivity contribution is -0.215. The molecule has 0 unspecified atom stereocenters. The first-order chi connectivity index (χ1) is 12.3. The van der Waals surface area contributed by atoms with Crippen LogP contribution in [0.2, 0.25) is 0 Å².